The van der Waals surface area contributed by atoms with E-state index >= 15 is 0 Å². The SMILES string of the molecule is C[C@@H](C(=O)OCc1cc(-c2ccccc2)on1)N1C(=O)[C@@H]2CC=CC[C@H]2C1=O. The molecular formula is C21H20N2O5. The van der Waals surface area contributed by atoms with E-state index in [-0.39, 0.29) is 30.3 Å². The highest BCUT2D eigenvalue weighted by molar-refractivity contribution is 6.08. The minimum Gasteiger partial charge on any atom is -0.458 e. The molecule has 7 heteroatoms. The Hall–Kier alpha value is -3.22. The Morgan fingerprint density at radius 2 is 1.82 bits per heavy atom. The number of nitrogens with zero attached hydrogens (tertiary/aromatic N) is 2. The van der Waals surface area contributed by atoms with E-state index in [1.165, 1.54) is 6.92 Å². The van der Waals surface area contributed by atoms with Gasteiger partial charge in [-0.05, 0) is 19.8 Å². The van der Waals surface area contributed by atoms with Crippen LogP contribution in [0.25, 0.3) is 11.3 Å². The molecule has 1 aliphatic carbocycles. The number of ether oxygens (including phenoxy) is 1. The zero-order chi connectivity index (χ0) is 19.7. The molecule has 28 heavy (non-hydrogen) atoms. The number of likely N-dealkylation sites (tertiary alicyclic amines) is 1. The highest BCUT2D eigenvalue weighted by Gasteiger charge is 2.50. The summed E-state index contributed by atoms with van der Waals surface area (Å²) in [6, 6.07) is 10.2. The van der Waals surface area contributed by atoms with Crippen LogP contribution in [0.2, 0.25) is 0 Å². The lowest BCUT2D eigenvalue weighted by atomic mass is 9.85. The summed E-state index contributed by atoms with van der Waals surface area (Å²) in [6.45, 7) is 1.42. The molecule has 2 heterocycles. The number of esters is 1. The second-order valence-corrected chi connectivity index (χ2v) is 7.03. The molecule has 0 unspecified atom stereocenters. The molecule has 0 N–H and O–H groups in total. The Bertz CT molecular complexity index is 907. The van der Waals surface area contributed by atoms with Gasteiger partial charge in [0.05, 0.1) is 11.8 Å². The molecule has 4 rings (SSSR count). The van der Waals surface area contributed by atoms with Crippen LogP contribution in [0.1, 0.15) is 25.5 Å². The monoisotopic (exact) mass is 380 g/mol. The average molecular weight is 380 g/mol. The van der Waals surface area contributed by atoms with Crippen LogP contribution < -0.4 is 0 Å². The third kappa shape index (κ3) is 3.24. The minimum absolute atomic E-state index is 0.0931. The molecule has 2 aliphatic rings. The number of carbonyl (C=O) groups is 3. The molecule has 0 saturated carbocycles. The molecule has 0 spiro atoms. The van der Waals surface area contributed by atoms with Gasteiger partial charge in [0.1, 0.15) is 18.3 Å². The van der Waals surface area contributed by atoms with Crippen molar-refractivity contribution in [1.82, 2.24) is 10.1 Å². The summed E-state index contributed by atoms with van der Waals surface area (Å²) in [6.07, 6.45) is 4.89. The van der Waals surface area contributed by atoms with Gasteiger partial charge in [0.2, 0.25) is 11.8 Å². The van der Waals surface area contributed by atoms with Crippen molar-refractivity contribution >= 4 is 17.8 Å². The molecule has 3 atom stereocenters. The first-order valence-electron chi connectivity index (χ1n) is 9.26. The Morgan fingerprint density at radius 3 is 2.46 bits per heavy atom. The highest BCUT2D eigenvalue weighted by atomic mass is 16.5. The minimum atomic E-state index is -0.967. The lowest BCUT2D eigenvalue weighted by molar-refractivity contribution is -0.159. The number of fused-ring (bicyclic) bond motifs is 1. The van der Waals surface area contributed by atoms with Gasteiger partial charge in [0, 0.05) is 11.6 Å². The summed E-state index contributed by atoms with van der Waals surface area (Å²) in [7, 11) is 0. The number of hydrogen-bond donors (Lipinski definition) is 0. The topological polar surface area (TPSA) is 89.7 Å². The molecule has 2 amide bonds. The Labute approximate surface area is 161 Å². The predicted molar refractivity (Wildman–Crippen MR) is 98.4 cm³/mol. The molecule has 144 valence electrons. The zero-order valence-electron chi connectivity index (χ0n) is 15.4. The Balaban J connectivity index is 1.38. The third-order valence-electron chi connectivity index (χ3n) is 5.25. The fourth-order valence-electron chi connectivity index (χ4n) is 3.70. The number of benzene rings is 1. The largest absolute Gasteiger partial charge is 0.458 e. The molecule has 1 aromatic carbocycles. The third-order valence-corrected chi connectivity index (χ3v) is 5.25. The molecule has 1 aliphatic heterocycles. The van der Waals surface area contributed by atoms with Crippen LogP contribution in [0, 0.1) is 11.8 Å². The van der Waals surface area contributed by atoms with E-state index in [4.69, 9.17) is 9.26 Å². The summed E-state index contributed by atoms with van der Waals surface area (Å²) in [4.78, 5) is 38.6. The quantitative estimate of drug-likeness (QED) is 0.450. The van der Waals surface area contributed by atoms with Crippen LogP contribution >= 0.6 is 0 Å². The first-order valence-corrected chi connectivity index (χ1v) is 9.26. The maximum absolute atomic E-state index is 12.6. The number of allylic oxidation sites excluding steroid dienone is 2. The van der Waals surface area contributed by atoms with Gasteiger partial charge in [-0.1, -0.05) is 47.6 Å². The number of rotatable bonds is 5. The molecule has 0 radical (unpaired) electrons. The number of amides is 2. The van der Waals surface area contributed by atoms with Gasteiger partial charge < -0.3 is 9.26 Å². The lowest BCUT2D eigenvalue weighted by Crippen LogP contribution is -2.44. The molecule has 0 bridgehead atoms. The first-order chi connectivity index (χ1) is 13.6. The normalized spacial score (nSPS) is 22.2. The molecular weight excluding hydrogens is 360 g/mol. The summed E-state index contributed by atoms with van der Waals surface area (Å²) in [5.41, 5.74) is 1.32. The molecule has 1 saturated heterocycles. The van der Waals surface area contributed by atoms with Gasteiger partial charge in [-0.3, -0.25) is 14.5 Å². The molecule has 1 fully saturated rings. The van der Waals surface area contributed by atoms with Gasteiger partial charge in [-0.2, -0.15) is 0 Å². The van der Waals surface area contributed by atoms with Crippen molar-refractivity contribution in [2.24, 2.45) is 11.8 Å². The molecule has 2 aromatic rings. The van der Waals surface area contributed by atoms with Crippen LogP contribution in [0.5, 0.6) is 0 Å². The smallest absolute Gasteiger partial charge is 0.329 e. The Morgan fingerprint density at radius 1 is 1.18 bits per heavy atom. The van der Waals surface area contributed by atoms with Crippen molar-refractivity contribution in [2.75, 3.05) is 0 Å². The van der Waals surface area contributed by atoms with E-state index in [0.29, 0.717) is 24.3 Å². The van der Waals surface area contributed by atoms with Crippen LogP contribution in [0.15, 0.2) is 53.1 Å². The predicted octanol–water partition coefficient (Wildman–Crippen LogP) is 2.72. The van der Waals surface area contributed by atoms with Gasteiger partial charge in [-0.25, -0.2) is 4.79 Å². The van der Waals surface area contributed by atoms with Crippen LogP contribution in [0.3, 0.4) is 0 Å². The summed E-state index contributed by atoms with van der Waals surface area (Å²) in [5.74, 6) is -1.39. The summed E-state index contributed by atoms with van der Waals surface area (Å²) >= 11 is 0. The average Bonchev–Trinajstić information content (AvgIpc) is 3.30. The van der Waals surface area contributed by atoms with Crippen molar-refractivity contribution in [3.8, 4) is 11.3 Å². The maximum Gasteiger partial charge on any atom is 0.329 e. The Kier molecular flexibility index (Phi) is 4.81. The van der Waals surface area contributed by atoms with Crippen molar-refractivity contribution in [2.45, 2.75) is 32.4 Å². The van der Waals surface area contributed by atoms with Gasteiger partial charge in [0.25, 0.3) is 0 Å². The summed E-state index contributed by atoms with van der Waals surface area (Å²) < 4.78 is 10.6. The fraction of sp³-hybridized carbons (Fsp3) is 0.333. The second-order valence-electron chi connectivity index (χ2n) is 7.03. The van der Waals surface area contributed by atoms with E-state index in [0.717, 1.165) is 10.5 Å². The summed E-state index contributed by atoms with van der Waals surface area (Å²) in [5, 5.41) is 3.90. The number of imide groups is 1. The van der Waals surface area contributed by atoms with E-state index in [2.05, 4.69) is 5.16 Å². The second kappa shape index (κ2) is 7.42. The molecule has 7 nitrogen and oxygen atoms in total. The zero-order valence-corrected chi connectivity index (χ0v) is 15.4. The fourth-order valence-corrected chi connectivity index (χ4v) is 3.70. The lowest BCUT2D eigenvalue weighted by Gasteiger charge is -2.21. The van der Waals surface area contributed by atoms with E-state index in [1.807, 2.05) is 42.5 Å². The van der Waals surface area contributed by atoms with Crippen molar-refractivity contribution in [3.63, 3.8) is 0 Å². The van der Waals surface area contributed by atoms with E-state index < -0.39 is 12.0 Å². The van der Waals surface area contributed by atoms with E-state index in [9.17, 15) is 14.4 Å². The number of carbonyl (C=O) groups excluding carboxylic acids is 3. The van der Waals surface area contributed by atoms with Crippen LogP contribution in [-0.4, -0.2) is 33.9 Å². The molecule has 1 aromatic heterocycles. The van der Waals surface area contributed by atoms with Crippen LogP contribution in [0.4, 0.5) is 0 Å². The van der Waals surface area contributed by atoms with Crippen LogP contribution in [-0.2, 0) is 25.7 Å². The van der Waals surface area contributed by atoms with Gasteiger partial charge in [-0.15, -0.1) is 0 Å². The number of hydrogen-bond acceptors (Lipinski definition) is 6. The number of aromatic nitrogens is 1. The van der Waals surface area contributed by atoms with Gasteiger partial charge >= 0.3 is 5.97 Å². The highest BCUT2D eigenvalue weighted by Crippen LogP contribution is 2.36. The maximum atomic E-state index is 12.6. The van der Waals surface area contributed by atoms with Crippen molar-refractivity contribution < 1.29 is 23.6 Å². The van der Waals surface area contributed by atoms with Crippen molar-refractivity contribution in [3.05, 3.63) is 54.2 Å². The van der Waals surface area contributed by atoms with E-state index in [1.54, 1.807) is 6.07 Å². The van der Waals surface area contributed by atoms with Crippen molar-refractivity contribution in [1.29, 1.82) is 0 Å². The standard InChI is InChI=1S/C21H20N2O5/c1-13(23-19(24)16-9-5-6-10-17(16)20(23)25)21(26)27-12-15-11-18(28-22-15)14-7-3-2-4-8-14/h2-8,11,13,16-17H,9-10,12H2,1H3/t13-,16+,17+/m0/s1. The van der Waals surface area contributed by atoms with Gasteiger partial charge in [0.15, 0.2) is 5.76 Å². The first kappa shape index (κ1) is 18.2.